The number of fused-ring (bicyclic) bond motifs is 1. The molecule has 2 N–H and O–H groups in total. The first-order valence-corrected chi connectivity index (χ1v) is 11.2. The zero-order valence-electron chi connectivity index (χ0n) is 19.5. The molecule has 1 saturated carbocycles. The summed E-state index contributed by atoms with van der Waals surface area (Å²) < 4.78 is 15.7. The Morgan fingerprint density at radius 1 is 1.17 bits per heavy atom. The van der Waals surface area contributed by atoms with Crippen molar-refractivity contribution in [1.29, 1.82) is 0 Å². The van der Waals surface area contributed by atoms with Crippen LogP contribution in [0.2, 0.25) is 0 Å². The van der Waals surface area contributed by atoms with E-state index in [1.165, 1.54) is 18.4 Å². The van der Waals surface area contributed by atoms with Crippen molar-refractivity contribution < 1.29 is 24.4 Å². The molecule has 0 saturated heterocycles. The van der Waals surface area contributed by atoms with E-state index in [1.807, 2.05) is 0 Å². The fraction of sp³-hybridized carbons (Fsp3) is 0.917. The van der Waals surface area contributed by atoms with E-state index >= 15 is 0 Å². The van der Waals surface area contributed by atoms with Gasteiger partial charge in [-0.3, -0.25) is 0 Å². The zero-order chi connectivity index (χ0) is 21.7. The van der Waals surface area contributed by atoms with Crippen LogP contribution in [-0.2, 0) is 14.2 Å². The van der Waals surface area contributed by atoms with E-state index in [0.29, 0.717) is 44.0 Å². The summed E-state index contributed by atoms with van der Waals surface area (Å²) >= 11 is 0. The number of aliphatic hydroxyl groups is 2. The Bertz CT molecular complexity index is 541. The molecular weight excluding hydrogens is 368 g/mol. The van der Waals surface area contributed by atoms with Crippen LogP contribution in [-0.4, -0.2) is 55.6 Å². The molecule has 5 nitrogen and oxygen atoms in total. The zero-order valence-corrected chi connectivity index (χ0v) is 19.5. The Labute approximate surface area is 177 Å². The van der Waals surface area contributed by atoms with Gasteiger partial charge in [0.15, 0.2) is 0 Å². The quantitative estimate of drug-likeness (QED) is 0.301. The highest BCUT2D eigenvalue weighted by molar-refractivity contribution is 5.20. The van der Waals surface area contributed by atoms with E-state index in [2.05, 4.69) is 33.8 Å². The maximum absolute atomic E-state index is 11.3. The van der Waals surface area contributed by atoms with Crippen molar-refractivity contribution in [1.82, 2.24) is 0 Å². The minimum absolute atomic E-state index is 0.0851. The molecule has 0 spiro atoms. The predicted octanol–water partition coefficient (Wildman–Crippen LogP) is 4.31. The molecule has 5 heteroatoms. The van der Waals surface area contributed by atoms with Crippen LogP contribution >= 0.6 is 0 Å². The fourth-order valence-electron chi connectivity index (χ4n) is 6.10. The SMILES string of the molecule is COCCOCOCC[C@](C)(O)C[C@@H](O)[C@H]1C(C)=CC[C@@H]2C(C)(C)CCC[C@@]12C. The molecule has 0 radical (unpaired) electrons. The van der Waals surface area contributed by atoms with Crippen LogP contribution in [0.4, 0.5) is 0 Å². The maximum atomic E-state index is 11.3. The average molecular weight is 413 g/mol. The number of aliphatic hydroxyl groups excluding tert-OH is 1. The lowest BCUT2D eigenvalue weighted by molar-refractivity contribution is -0.106. The lowest BCUT2D eigenvalue weighted by atomic mass is 9.47. The topological polar surface area (TPSA) is 68.2 Å². The molecule has 0 aromatic carbocycles. The van der Waals surface area contributed by atoms with Crippen LogP contribution in [0.25, 0.3) is 0 Å². The number of ether oxygens (including phenoxy) is 3. The second-order valence-electron chi connectivity index (χ2n) is 10.5. The van der Waals surface area contributed by atoms with Crippen LogP contribution in [0.3, 0.4) is 0 Å². The molecule has 2 aliphatic rings. The van der Waals surface area contributed by atoms with Gasteiger partial charge in [0.05, 0.1) is 31.5 Å². The van der Waals surface area contributed by atoms with E-state index in [9.17, 15) is 10.2 Å². The number of rotatable bonds is 11. The molecule has 29 heavy (non-hydrogen) atoms. The van der Waals surface area contributed by atoms with Crippen molar-refractivity contribution in [3.05, 3.63) is 11.6 Å². The van der Waals surface area contributed by atoms with Crippen molar-refractivity contribution in [2.24, 2.45) is 22.7 Å². The van der Waals surface area contributed by atoms with Crippen molar-refractivity contribution in [2.75, 3.05) is 33.7 Å². The molecule has 0 aromatic heterocycles. The lowest BCUT2D eigenvalue weighted by Gasteiger charge is -2.58. The van der Waals surface area contributed by atoms with Gasteiger partial charge < -0.3 is 24.4 Å². The normalized spacial score (nSPS) is 32.2. The molecule has 1 fully saturated rings. The number of methoxy groups -OCH3 is 1. The highest BCUT2D eigenvalue weighted by Gasteiger charge is 2.54. The minimum atomic E-state index is -0.973. The summed E-state index contributed by atoms with van der Waals surface area (Å²) in [6.45, 7) is 12.7. The Hall–Kier alpha value is -0.460. The summed E-state index contributed by atoms with van der Waals surface area (Å²) in [7, 11) is 1.63. The summed E-state index contributed by atoms with van der Waals surface area (Å²) in [6, 6.07) is 0. The predicted molar refractivity (Wildman–Crippen MR) is 116 cm³/mol. The van der Waals surface area contributed by atoms with Crippen molar-refractivity contribution >= 4 is 0 Å². The molecule has 2 rings (SSSR count). The van der Waals surface area contributed by atoms with Gasteiger partial charge in [0.25, 0.3) is 0 Å². The first kappa shape index (κ1) is 24.8. The van der Waals surface area contributed by atoms with Gasteiger partial charge in [0.1, 0.15) is 6.79 Å². The lowest BCUT2D eigenvalue weighted by Crippen LogP contribution is -2.52. The molecule has 0 heterocycles. The van der Waals surface area contributed by atoms with Gasteiger partial charge in [-0.2, -0.15) is 0 Å². The molecule has 2 aliphatic carbocycles. The smallest absolute Gasteiger partial charge is 0.146 e. The summed E-state index contributed by atoms with van der Waals surface area (Å²) in [5, 5.41) is 22.2. The van der Waals surface area contributed by atoms with E-state index in [-0.39, 0.29) is 18.1 Å². The standard InChI is InChI=1S/C24H44O5/c1-18-8-9-20-22(2,3)10-7-11-24(20,5)21(18)19(25)16-23(4,26)12-13-28-17-29-15-14-27-6/h8,19-21,25-26H,7,9-17H2,1-6H3/t19-,20-,21-,23+,24-/m1/s1. The maximum Gasteiger partial charge on any atom is 0.146 e. The van der Waals surface area contributed by atoms with Crippen LogP contribution in [0.15, 0.2) is 11.6 Å². The summed E-state index contributed by atoms with van der Waals surface area (Å²) in [5.74, 6) is 0.676. The summed E-state index contributed by atoms with van der Waals surface area (Å²) in [5.41, 5.74) is 0.690. The molecule has 0 aromatic rings. The van der Waals surface area contributed by atoms with Crippen LogP contribution in [0.1, 0.15) is 73.1 Å². The van der Waals surface area contributed by atoms with E-state index < -0.39 is 11.7 Å². The molecule has 0 bridgehead atoms. The molecule has 170 valence electrons. The highest BCUT2D eigenvalue weighted by atomic mass is 16.7. The molecule has 5 atom stereocenters. The minimum Gasteiger partial charge on any atom is -0.392 e. The largest absolute Gasteiger partial charge is 0.392 e. The molecule has 0 amide bonds. The fourth-order valence-corrected chi connectivity index (χ4v) is 6.10. The Morgan fingerprint density at radius 3 is 2.55 bits per heavy atom. The van der Waals surface area contributed by atoms with E-state index in [1.54, 1.807) is 14.0 Å². The monoisotopic (exact) mass is 412 g/mol. The van der Waals surface area contributed by atoms with Gasteiger partial charge in [-0.05, 0) is 56.3 Å². The van der Waals surface area contributed by atoms with Gasteiger partial charge in [-0.1, -0.05) is 38.8 Å². The number of hydrogen-bond donors (Lipinski definition) is 2. The third-order valence-corrected chi connectivity index (χ3v) is 7.57. The van der Waals surface area contributed by atoms with Crippen molar-refractivity contribution in [3.8, 4) is 0 Å². The summed E-state index contributed by atoms with van der Waals surface area (Å²) in [4.78, 5) is 0. The Kier molecular flexibility index (Phi) is 8.75. The highest BCUT2D eigenvalue weighted by Crippen LogP contribution is 2.60. The van der Waals surface area contributed by atoms with Crippen molar-refractivity contribution in [3.63, 3.8) is 0 Å². The first-order valence-electron chi connectivity index (χ1n) is 11.2. The van der Waals surface area contributed by atoms with Gasteiger partial charge >= 0.3 is 0 Å². The molecule has 0 aliphatic heterocycles. The number of hydrogen-bond acceptors (Lipinski definition) is 5. The third kappa shape index (κ3) is 6.27. The van der Waals surface area contributed by atoms with E-state index in [0.717, 1.165) is 12.8 Å². The number of allylic oxidation sites excluding steroid dienone is 1. The second-order valence-corrected chi connectivity index (χ2v) is 10.5. The molecule has 0 unspecified atom stereocenters. The van der Waals surface area contributed by atoms with Crippen molar-refractivity contribution in [2.45, 2.75) is 84.8 Å². The van der Waals surface area contributed by atoms with E-state index in [4.69, 9.17) is 14.2 Å². The first-order chi connectivity index (χ1) is 13.5. The Morgan fingerprint density at radius 2 is 1.86 bits per heavy atom. The van der Waals surface area contributed by atoms with Crippen LogP contribution in [0.5, 0.6) is 0 Å². The van der Waals surface area contributed by atoms with Gasteiger partial charge in [-0.25, -0.2) is 0 Å². The van der Waals surface area contributed by atoms with Crippen LogP contribution < -0.4 is 0 Å². The molecular formula is C24H44O5. The third-order valence-electron chi connectivity index (χ3n) is 7.57. The average Bonchev–Trinajstić information content (AvgIpc) is 2.59. The van der Waals surface area contributed by atoms with Gasteiger partial charge in [-0.15, -0.1) is 0 Å². The van der Waals surface area contributed by atoms with Crippen LogP contribution in [0, 0.1) is 22.7 Å². The Balaban J connectivity index is 1.94. The van der Waals surface area contributed by atoms with Gasteiger partial charge in [0.2, 0.25) is 0 Å². The van der Waals surface area contributed by atoms with Gasteiger partial charge in [0, 0.05) is 19.4 Å². The second kappa shape index (κ2) is 10.2. The summed E-state index contributed by atoms with van der Waals surface area (Å²) in [6.07, 6.45) is 7.33.